The number of hydrazine groups is 1. The van der Waals surface area contributed by atoms with Crippen LogP contribution in [0.25, 0.3) is 27.7 Å². The van der Waals surface area contributed by atoms with E-state index >= 15 is 0 Å². The van der Waals surface area contributed by atoms with Crippen molar-refractivity contribution in [2.75, 3.05) is 0 Å². The zero-order chi connectivity index (χ0) is 19.5. The molecule has 0 bridgehead atoms. The Bertz CT molecular complexity index is 1160. The second kappa shape index (κ2) is 7.40. The smallest absolute Gasteiger partial charge is 0.287 e. The molecule has 0 aliphatic carbocycles. The molecule has 0 radical (unpaired) electrons. The minimum absolute atomic E-state index is 0.298. The second-order valence-electron chi connectivity index (χ2n) is 6.52. The fourth-order valence-electron chi connectivity index (χ4n) is 3.25. The van der Waals surface area contributed by atoms with Crippen molar-refractivity contribution in [3.63, 3.8) is 0 Å². The lowest BCUT2D eigenvalue weighted by Gasteiger charge is -2.13. The molecular weight excluding hydrogens is 348 g/mol. The summed E-state index contributed by atoms with van der Waals surface area (Å²) < 4.78 is 0. The molecule has 1 aromatic heterocycles. The van der Waals surface area contributed by atoms with Gasteiger partial charge < -0.3 is 0 Å². The summed E-state index contributed by atoms with van der Waals surface area (Å²) in [7, 11) is 0. The number of rotatable bonds is 5. The van der Waals surface area contributed by atoms with Gasteiger partial charge in [-0.3, -0.25) is 20.7 Å². The molecule has 0 fully saturated rings. The lowest BCUT2D eigenvalue weighted by atomic mass is 10.0. The molecule has 3 aromatic carbocycles. The minimum atomic E-state index is -0.298. The molecule has 1 amide bonds. The van der Waals surface area contributed by atoms with Gasteiger partial charge in [0.05, 0.1) is 11.4 Å². The van der Waals surface area contributed by atoms with Crippen LogP contribution in [0.5, 0.6) is 0 Å². The fourth-order valence-corrected chi connectivity index (χ4v) is 3.25. The summed E-state index contributed by atoms with van der Waals surface area (Å²) in [5, 5.41) is 9.32. The van der Waals surface area contributed by atoms with E-state index in [0.717, 1.165) is 33.2 Å². The highest BCUT2D eigenvalue weighted by molar-refractivity contribution is 5.97. The Labute approximate surface area is 163 Å². The standard InChI is InChI=1S/C23H20N4O/c1-15-21(18-10-4-3-5-11-18)25-26-22(15)23(28)27-24-16(2)19-14-8-12-17-9-6-7-13-20(17)19/h3-14,24H,2H2,1H3,(H,25,26)(H,27,28). The van der Waals surface area contributed by atoms with Crippen LogP contribution in [0.4, 0.5) is 0 Å². The van der Waals surface area contributed by atoms with Crippen LogP contribution in [-0.2, 0) is 0 Å². The number of nitrogens with zero attached hydrogens (tertiary/aromatic N) is 1. The van der Waals surface area contributed by atoms with E-state index in [9.17, 15) is 4.79 Å². The number of hydrogen-bond acceptors (Lipinski definition) is 3. The maximum Gasteiger partial charge on any atom is 0.287 e. The summed E-state index contributed by atoms with van der Waals surface area (Å²) in [5.41, 5.74) is 10.1. The maximum absolute atomic E-state index is 12.6. The van der Waals surface area contributed by atoms with Gasteiger partial charge in [0.15, 0.2) is 0 Å². The number of carbonyl (C=O) groups is 1. The summed E-state index contributed by atoms with van der Waals surface area (Å²) in [6, 6.07) is 23.8. The molecular formula is C23H20N4O. The highest BCUT2D eigenvalue weighted by Crippen LogP contribution is 2.24. The molecule has 1 heterocycles. The zero-order valence-corrected chi connectivity index (χ0v) is 15.5. The van der Waals surface area contributed by atoms with Crippen LogP contribution < -0.4 is 10.9 Å². The molecule has 4 aromatic rings. The van der Waals surface area contributed by atoms with Crippen molar-refractivity contribution >= 4 is 22.4 Å². The lowest BCUT2D eigenvalue weighted by molar-refractivity contribution is 0.0937. The molecule has 28 heavy (non-hydrogen) atoms. The van der Waals surface area contributed by atoms with Crippen molar-refractivity contribution in [2.24, 2.45) is 0 Å². The molecule has 5 heteroatoms. The average Bonchev–Trinajstić information content (AvgIpc) is 3.13. The van der Waals surface area contributed by atoms with E-state index in [0.29, 0.717) is 11.4 Å². The van der Waals surface area contributed by atoms with Crippen molar-refractivity contribution in [1.82, 2.24) is 21.0 Å². The third kappa shape index (κ3) is 3.25. The highest BCUT2D eigenvalue weighted by Gasteiger charge is 2.17. The average molecular weight is 368 g/mol. The van der Waals surface area contributed by atoms with Gasteiger partial charge in [0.2, 0.25) is 0 Å². The first-order valence-electron chi connectivity index (χ1n) is 8.99. The van der Waals surface area contributed by atoms with Crippen molar-refractivity contribution in [3.8, 4) is 11.3 Å². The van der Waals surface area contributed by atoms with E-state index in [1.54, 1.807) is 0 Å². The van der Waals surface area contributed by atoms with Gasteiger partial charge in [-0.1, -0.05) is 79.4 Å². The lowest BCUT2D eigenvalue weighted by Crippen LogP contribution is -2.36. The number of carbonyl (C=O) groups excluding carboxylic acids is 1. The molecule has 0 aliphatic rings. The summed E-state index contributed by atoms with van der Waals surface area (Å²) in [5.74, 6) is -0.298. The van der Waals surface area contributed by atoms with Crippen molar-refractivity contribution in [3.05, 3.63) is 96.2 Å². The van der Waals surface area contributed by atoms with E-state index < -0.39 is 0 Å². The van der Waals surface area contributed by atoms with Gasteiger partial charge in [-0.25, -0.2) is 0 Å². The Kier molecular flexibility index (Phi) is 4.64. The summed E-state index contributed by atoms with van der Waals surface area (Å²) >= 11 is 0. The molecule has 0 saturated heterocycles. The molecule has 0 saturated carbocycles. The predicted octanol–water partition coefficient (Wildman–Crippen LogP) is 4.44. The first-order valence-corrected chi connectivity index (χ1v) is 8.99. The summed E-state index contributed by atoms with van der Waals surface area (Å²) in [6.07, 6.45) is 0. The molecule has 0 unspecified atom stereocenters. The van der Waals surface area contributed by atoms with Gasteiger partial charge in [-0.15, -0.1) is 0 Å². The SMILES string of the molecule is C=C(NNC(=O)c1[nH]nc(-c2ccccc2)c1C)c1cccc2ccccc12. The second-order valence-corrected chi connectivity index (χ2v) is 6.52. The van der Waals surface area contributed by atoms with Crippen LogP contribution in [0.2, 0.25) is 0 Å². The maximum atomic E-state index is 12.6. The Morgan fingerprint density at radius 3 is 2.46 bits per heavy atom. The van der Waals surface area contributed by atoms with Gasteiger partial charge >= 0.3 is 0 Å². The molecule has 0 atom stereocenters. The van der Waals surface area contributed by atoms with Gasteiger partial charge in [-0.2, -0.15) is 5.10 Å². The number of benzene rings is 3. The Balaban J connectivity index is 1.50. The van der Waals surface area contributed by atoms with E-state index in [1.165, 1.54) is 0 Å². The van der Waals surface area contributed by atoms with Crippen LogP contribution >= 0.6 is 0 Å². The van der Waals surface area contributed by atoms with Gasteiger partial charge in [0.1, 0.15) is 5.69 Å². The monoisotopic (exact) mass is 368 g/mol. The van der Waals surface area contributed by atoms with Crippen molar-refractivity contribution in [2.45, 2.75) is 6.92 Å². The normalized spacial score (nSPS) is 10.6. The molecule has 0 spiro atoms. The summed E-state index contributed by atoms with van der Waals surface area (Å²) in [6.45, 7) is 5.94. The molecule has 4 rings (SSSR count). The quantitative estimate of drug-likeness (QED) is 0.456. The van der Waals surface area contributed by atoms with Crippen LogP contribution in [0.1, 0.15) is 21.6 Å². The number of H-pyrrole nitrogens is 1. The van der Waals surface area contributed by atoms with E-state index in [4.69, 9.17) is 0 Å². The molecule has 5 nitrogen and oxygen atoms in total. The first kappa shape index (κ1) is 17.5. The number of aromatic nitrogens is 2. The minimum Gasteiger partial charge on any atom is -0.298 e. The van der Waals surface area contributed by atoms with E-state index in [1.807, 2.05) is 79.7 Å². The number of amides is 1. The number of hydrogen-bond donors (Lipinski definition) is 3. The van der Waals surface area contributed by atoms with Gasteiger partial charge in [0, 0.05) is 16.7 Å². The third-order valence-corrected chi connectivity index (χ3v) is 4.73. The third-order valence-electron chi connectivity index (χ3n) is 4.73. The largest absolute Gasteiger partial charge is 0.298 e. The molecule has 0 aliphatic heterocycles. The van der Waals surface area contributed by atoms with Crippen molar-refractivity contribution < 1.29 is 4.79 Å². The topological polar surface area (TPSA) is 69.8 Å². The predicted molar refractivity (Wildman–Crippen MR) is 112 cm³/mol. The van der Waals surface area contributed by atoms with Crippen LogP contribution in [-0.4, -0.2) is 16.1 Å². The van der Waals surface area contributed by atoms with E-state index in [2.05, 4.69) is 27.6 Å². The van der Waals surface area contributed by atoms with Gasteiger partial charge in [0.25, 0.3) is 5.91 Å². The van der Waals surface area contributed by atoms with Crippen LogP contribution in [0.3, 0.4) is 0 Å². The Morgan fingerprint density at radius 1 is 0.929 bits per heavy atom. The zero-order valence-electron chi connectivity index (χ0n) is 15.5. The summed E-state index contributed by atoms with van der Waals surface area (Å²) in [4.78, 5) is 12.6. The number of aromatic amines is 1. The van der Waals surface area contributed by atoms with Crippen LogP contribution in [0, 0.1) is 6.92 Å². The fraction of sp³-hybridized carbons (Fsp3) is 0.0435. The Hall–Kier alpha value is -3.86. The molecule has 3 N–H and O–H groups in total. The molecule has 138 valence electrons. The van der Waals surface area contributed by atoms with Crippen molar-refractivity contribution in [1.29, 1.82) is 0 Å². The highest BCUT2D eigenvalue weighted by atomic mass is 16.2. The first-order chi connectivity index (χ1) is 13.6. The van der Waals surface area contributed by atoms with E-state index in [-0.39, 0.29) is 5.91 Å². The number of fused-ring (bicyclic) bond motifs is 1. The van der Waals surface area contributed by atoms with Crippen LogP contribution in [0.15, 0.2) is 79.4 Å². The van der Waals surface area contributed by atoms with Gasteiger partial charge in [-0.05, 0) is 17.7 Å². The number of nitrogens with one attached hydrogen (secondary N) is 3. The Morgan fingerprint density at radius 2 is 1.64 bits per heavy atom.